The van der Waals surface area contributed by atoms with Crippen molar-refractivity contribution >= 4 is 29.1 Å². The molecule has 1 aliphatic carbocycles. The molecule has 1 unspecified atom stereocenters. The minimum Gasteiger partial charge on any atom is -0.387 e. The van der Waals surface area contributed by atoms with Gasteiger partial charge in [-0.3, -0.25) is 9.78 Å². The van der Waals surface area contributed by atoms with E-state index < -0.39 is 52.0 Å². The Morgan fingerprint density at radius 3 is 2.48 bits per heavy atom. The molecule has 0 spiro atoms. The Labute approximate surface area is 184 Å². The van der Waals surface area contributed by atoms with Gasteiger partial charge in [0.15, 0.2) is 5.69 Å². The van der Waals surface area contributed by atoms with Crippen molar-refractivity contribution in [2.75, 3.05) is 0 Å². The van der Waals surface area contributed by atoms with E-state index >= 15 is 0 Å². The van der Waals surface area contributed by atoms with Gasteiger partial charge in [-0.2, -0.15) is 13.2 Å². The summed E-state index contributed by atoms with van der Waals surface area (Å²) in [5.74, 6) is -1.89. The minimum absolute atomic E-state index is 0.0285. The number of alkyl halides is 4. The number of benzene rings is 1. The fourth-order valence-electron chi connectivity index (χ4n) is 3.63. The highest BCUT2D eigenvalue weighted by atomic mass is 35.5. The van der Waals surface area contributed by atoms with E-state index in [0.717, 1.165) is 18.3 Å². The van der Waals surface area contributed by atoms with Crippen molar-refractivity contribution in [2.45, 2.75) is 49.7 Å². The highest BCUT2D eigenvalue weighted by Crippen LogP contribution is 2.41. The predicted molar refractivity (Wildman–Crippen MR) is 104 cm³/mol. The summed E-state index contributed by atoms with van der Waals surface area (Å²) in [4.78, 5) is 16.0. The number of carbonyl (C=O) groups is 1. The first-order chi connectivity index (χ1) is 14.4. The molecule has 2 N–H and O–H groups in total. The van der Waals surface area contributed by atoms with E-state index in [1.54, 1.807) is 0 Å². The van der Waals surface area contributed by atoms with Crippen molar-refractivity contribution in [3.63, 3.8) is 0 Å². The molecule has 1 fully saturated rings. The lowest BCUT2D eigenvalue weighted by Crippen LogP contribution is -2.49. The van der Waals surface area contributed by atoms with Crippen LogP contribution < -0.4 is 5.32 Å². The molecule has 1 atom stereocenters. The molecule has 4 nitrogen and oxygen atoms in total. The van der Waals surface area contributed by atoms with E-state index in [9.17, 15) is 31.9 Å². The van der Waals surface area contributed by atoms with Gasteiger partial charge in [0.05, 0.1) is 22.2 Å². The molecule has 3 rings (SSSR count). The summed E-state index contributed by atoms with van der Waals surface area (Å²) in [6.07, 6.45) is -5.57. The maximum Gasteiger partial charge on any atom is 0.434 e. The van der Waals surface area contributed by atoms with Crippen LogP contribution in [0.3, 0.4) is 0 Å². The summed E-state index contributed by atoms with van der Waals surface area (Å²) >= 11 is 11.7. The van der Waals surface area contributed by atoms with Crippen molar-refractivity contribution in [2.24, 2.45) is 0 Å². The van der Waals surface area contributed by atoms with E-state index in [1.165, 1.54) is 12.1 Å². The van der Waals surface area contributed by atoms with Gasteiger partial charge in [0.1, 0.15) is 12.0 Å². The maximum atomic E-state index is 14.6. The fraction of sp³-hybridized carbons (Fsp3) is 0.400. The summed E-state index contributed by atoms with van der Waals surface area (Å²) in [7, 11) is 0. The van der Waals surface area contributed by atoms with Gasteiger partial charge in [0.25, 0.3) is 5.91 Å². The molecule has 31 heavy (non-hydrogen) atoms. The molecule has 2 aromatic rings. The molecule has 1 aromatic carbocycles. The largest absolute Gasteiger partial charge is 0.434 e. The minimum atomic E-state index is -4.90. The van der Waals surface area contributed by atoms with Crippen LogP contribution in [0.25, 0.3) is 0 Å². The molecule has 1 aliphatic rings. The zero-order valence-corrected chi connectivity index (χ0v) is 17.3. The highest BCUT2D eigenvalue weighted by molar-refractivity contribution is 6.34. The van der Waals surface area contributed by atoms with Crippen LogP contribution in [0.5, 0.6) is 0 Å². The molecule has 0 saturated heterocycles. The third kappa shape index (κ3) is 5.10. The standard InChI is InChI=1S/C20H17Cl2F5N2O2/c21-10-1-2-14(24)13(9-10)16(19(31)6-3-11(23)4-7-19)29-18(30)12-5-8-28-17(15(12)22)20(25,26)27/h1-2,5,8-9,11,16,31H,3-4,6-7H2,(H,29,30)/t11-,16?,19+. The number of hydrogen-bond acceptors (Lipinski definition) is 3. The Balaban J connectivity index is 2.02. The summed E-state index contributed by atoms with van der Waals surface area (Å²) in [5.41, 5.74) is -3.94. The fourth-order valence-corrected chi connectivity index (χ4v) is 4.12. The number of nitrogens with zero attached hydrogens (tertiary/aromatic N) is 1. The lowest BCUT2D eigenvalue weighted by atomic mass is 9.76. The van der Waals surface area contributed by atoms with Crippen LogP contribution in [0.4, 0.5) is 22.0 Å². The van der Waals surface area contributed by atoms with Crippen molar-refractivity contribution in [3.05, 3.63) is 63.1 Å². The van der Waals surface area contributed by atoms with Gasteiger partial charge in [-0.25, -0.2) is 8.78 Å². The summed E-state index contributed by atoms with van der Waals surface area (Å²) < 4.78 is 67.5. The van der Waals surface area contributed by atoms with Gasteiger partial charge in [0, 0.05) is 16.8 Å². The van der Waals surface area contributed by atoms with Gasteiger partial charge < -0.3 is 10.4 Å². The average molecular weight is 483 g/mol. The second-order valence-electron chi connectivity index (χ2n) is 7.37. The number of pyridine rings is 1. The predicted octanol–water partition coefficient (Wildman–Crippen LogP) is 5.66. The Kier molecular flexibility index (Phi) is 6.78. The number of rotatable bonds is 4. The molecule has 1 aromatic heterocycles. The first-order valence-corrected chi connectivity index (χ1v) is 10.0. The normalized spacial score (nSPS) is 22.8. The second kappa shape index (κ2) is 8.88. The zero-order chi connectivity index (χ0) is 23.0. The van der Waals surface area contributed by atoms with Crippen molar-refractivity contribution in [3.8, 4) is 0 Å². The molecule has 1 amide bonds. The Hall–Kier alpha value is -1.97. The van der Waals surface area contributed by atoms with Crippen LogP contribution in [0.1, 0.15) is 53.3 Å². The number of carbonyl (C=O) groups excluding carboxylic acids is 1. The molecule has 0 bridgehead atoms. The maximum absolute atomic E-state index is 14.6. The van der Waals surface area contributed by atoms with E-state index in [0.29, 0.717) is 0 Å². The van der Waals surface area contributed by atoms with Crippen LogP contribution in [-0.2, 0) is 6.18 Å². The molecule has 11 heteroatoms. The lowest BCUT2D eigenvalue weighted by Gasteiger charge is -2.40. The number of hydrogen-bond donors (Lipinski definition) is 2. The number of aliphatic hydroxyl groups is 1. The quantitative estimate of drug-likeness (QED) is 0.552. The smallest absolute Gasteiger partial charge is 0.387 e. The molecular weight excluding hydrogens is 466 g/mol. The SMILES string of the molecule is O=C(NC(c1cc(Cl)ccc1F)[C@]1(O)CC[C@@H](F)CC1)c1ccnc(C(F)(F)F)c1Cl. The third-order valence-electron chi connectivity index (χ3n) is 5.27. The first-order valence-electron chi connectivity index (χ1n) is 9.26. The van der Waals surface area contributed by atoms with Crippen LogP contribution in [0.15, 0.2) is 30.5 Å². The average Bonchev–Trinajstić information content (AvgIpc) is 2.69. The van der Waals surface area contributed by atoms with Crippen molar-refractivity contribution < 1.29 is 31.9 Å². The lowest BCUT2D eigenvalue weighted by molar-refractivity contribution is -0.141. The molecule has 0 aliphatic heterocycles. The molecule has 0 radical (unpaired) electrons. The Morgan fingerprint density at radius 1 is 1.23 bits per heavy atom. The van der Waals surface area contributed by atoms with Crippen LogP contribution in [0, 0.1) is 5.82 Å². The molecule has 1 heterocycles. The van der Waals surface area contributed by atoms with Gasteiger partial charge in [-0.1, -0.05) is 23.2 Å². The van der Waals surface area contributed by atoms with E-state index in [-0.39, 0.29) is 36.3 Å². The van der Waals surface area contributed by atoms with E-state index in [4.69, 9.17) is 23.2 Å². The second-order valence-corrected chi connectivity index (χ2v) is 8.18. The summed E-state index contributed by atoms with van der Waals surface area (Å²) in [5, 5.41) is 12.7. The van der Waals surface area contributed by atoms with Crippen molar-refractivity contribution in [1.29, 1.82) is 0 Å². The van der Waals surface area contributed by atoms with E-state index in [1.807, 2.05) is 0 Å². The number of aromatic nitrogens is 1. The van der Waals surface area contributed by atoms with Crippen LogP contribution >= 0.6 is 23.2 Å². The number of amides is 1. The summed E-state index contributed by atoms with van der Waals surface area (Å²) in [6, 6.07) is 3.04. The number of halogens is 7. The Bertz CT molecular complexity index is 979. The number of nitrogens with one attached hydrogen (secondary N) is 1. The molecule has 168 valence electrons. The first kappa shape index (κ1) is 23.7. The van der Waals surface area contributed by atoms with Crippen molar-refractivity contribution in [1.82, 2.24) is 10.3 Å². The molecule has 1 saturated carbocycles. The topological polar surface area (TPSA) is 62.2 Å². The van der Waals surface area contributed by atoms with Gasteiger partial charge in [-0.05, 0) is 49.9 Å². The van der Waals surface area contributed by atoms with Gasteiger partial charge in [-0.15, -0.1) is 0 Å². The zero-order valence-electron chi connectivity index (χ0n) is 15.8. The van der Waals surface area contributed by atoms with Gasteiger partial charge >= 0.3 is 6.18 Å². The highest BCUT2D eigenvalue weighted by Gasteiger charge is 2.44. The van der Waals surface area contributed by atoms with E-state index in [2.05, 4.69) is 10.3 Å². The molecular formula is C20H17Cl2F5N2O2. The van der Waals surface area contributed by atoms with Gasteiger partial charge in [0.2, 0.25) is 0 Å². The monoisotopic (exact) mass is 482 g/mol. The Morgan fingerprint density at radius 2 is 1.87 bits per heavy atom. The summed E-state index contributed by atoms with van der Waals surface area (Å²) in [6.45, 7) is 0. The van der Waals surface area contributed by atoms with Crippen LogP contribution in [-0.4, -0.2) is 27.8 Å². The van der Waals surface area contributed by atoms with Crippen LogP contribution in [0.2, 0.25) is 10.0 Å². The third-order valence-corrected chi connectivity index (χ3v) is 5.88.